The molecule has 2 rings (SSSR count). The molecule has 0 saturated heterocycles. The van der Waals surface area contributed by atoms with Gasteiger partial charge in [0.15, 0.2) is 6.61 Å². The number of amides is 1. The summed E-state index contributed by atoms with van der Waals surface area (Å²) in [4.78, 5) is 11.8. The van der Waals surface area contributed by atoms with Gasteiger partial charge in [0.1, 0.15) is 11.5 Å². The van der Waals surface area contributed by atoms with Gasteiger partial charge in [0, 0.05) is 10.2 Å². The van der Waals surface area contributed by atoms with Crippen molar-refractivity contribution in [3.05, 3.63) is 53.0 Å². The van der Waals surface area contributed by atoms with Gasteiger partial charge in [-0.3, -0.25) is 4.79 Å². The molecule has 1 N–H and O–H groups in total. The van der Waals surface area contributed by atoms with Crippen LogP contribution in [0.1, 0.15) is 13.3 Å². The van der Waals surface area contributed by atoms with Gasteiger partial charge in [-0.1, -0.05) is 22.9 Å². The zero-order valence-electron chi connectivity index (χ0n) is 12.3. The van der Waals surface area contributed by atoms with Crippen LogP contribution >= 0.6 is 15.9 Å². The van der Waals surface area contributed by atoms with Gasteiger partial charge in [0.2, 0.25) is 0 Å². The highest BCUT2D eigenvalue weighted by Crippen LogP contribution is 2.18. The van der Waals surface area contributed by atoms with Gasteiger partial charge in [-0.25, -0.2) is 0 Å². The molecule has 0 aliphatic heterocycles. The van der Waals surface area contributed by atoms with E-state index in [1.54, 1.807) is 12.1 Å². The Kier molecular flexibility index (Phi) is 6.27. The Morgan fingerprint density at radius 3 is 2.18 bits per heavy atom. The summed E-state index contributed by atoms with van der Waals surface area (Å²) in [5.74, 6) is 1.23. The molecule has 2 aromatic rings. The smallest absolute Gasteiger partial charge is 0.262 e. The van der Waals surface area contributed by atoms with Crippen LogP contribution < -0.4 is 14.8 Å². The van der Waals surface area contributed by atoms with Gasteiger partial charge in [-0.05, 0) is 55.0 Å². The van der Waals surface area contributed by atoms with Gasteiger partial charge in [0.05, 0.1) is 6.61 Å². The maximum atomic E-state index is 11.8. The van der Waals surface area contributed by atoms with Crippen LogP contribution in [0.4, 0.5) is 5.69 Å². The molecular weight excluding hydrogens is 346 g/mol. The summed E-state index contributed by atoms with van der Waals surface area (Å²) < 4.78 is 11.9. The normalized spacial score (nSPS) is 10.1. The Labute approximate surface area is 138 Å². The van der Waals surface area contributed by atoms with Crippen molar-refractivity contribution in [1.82, 2.24) is 0 Å². The molecule has 0 heterocycles. The summed E-state index contributed by atoms with van der Waals surface area (Å²) in [5.41, 5.74) is 0.736. The molecule has 0 saturated carbocycles. The molecule has 1 amide bonds. The predicted octanol–water partition coefficient (Wildman–Crippen LogP) is 4.26. The second-order valence-corrected chi connectivity index (χ2v) is 5.58. The van der Waals surface area contributed by atoms with Crippen molar-refractivity contribution in [2.75, 3.05) is 18.5 Å². The molecule has 0 radical (unpaired) electrons. The van der Waals surface area contributed by atoms with E-state index in [4.69, 9.17) is 9.47 Å². The molecule has 0 aliphatic rings. The Hall–Kier alpha value is -2.01. The van der Waals surface area contributed by atoms with Crippen LogP contribution in [-0.4, -0.2) is 19.1 Å². The zero-order chi connectivity index (χ0) is 15.8. The lowest BCUT2D eigenvalue weighted by atomic mass is 10.3. The average Bonchev–Trinajstić information content (AvgIpc) is 2.54. The van der Waals surface area contributed by atoms with E-state index in [2.05, 4.69) is 28.2 Å². The van der Waals surface area contributed by atoms with Crippen molar-refractivity contribution in [2.24, 2.45) is 0 Å². The van der Waals surface area contributed by atoms with E-state index < -0.39 is 0 Å². The summed E-state index contributed by atoms with van der Waals surface area (Å²) in [7, 11) is 0. The van der Waals surface area contributed by atoms with Gasteiger partial charge in [-0.15, -0.1) is 0 Å². The molecule has 5 heteroatoms. The molecular formula is C17H18BrNO3. The van der Waals surface area contributed by atoms with E-state index in [-0.39, 0.29) is 12.5 Å². The summed E-state index contributed by atoms with van der Waals surface area (Å²) >= 11 is 3.35. The first-order chi connectivity index (χ1) is 10.7. The van der Waals surface area contributed by atoms with Crippen LogP contribution in [0.25, 0.3) is 0 Å². The molecule has 0 bridgehead atoms. The second kappa shape index (κ2) is 8.44. The molecule has 0 spiro atoms. The van der Waals surface area contributed by atoms with Gasteiger partial charge in [0.25, 0.3) is 5.91 Å². The number of benzene rings is 2. The predicted molar refractivity (Wildman–Crippen MR) is 90.5 cm³/mol. The van der Waals surface area contributed by atoms with Crippen LogP contribution in [0.5, 0.6) is 11.5 Å². The fourth-order valence-electron chi connectivity index (χ4n) is 1.73. The van der Waals surface area contributed by atoms with Crippen molar-refractivity contribution in [3.63, 3.8) is 0 Å². The van der Waals surface area contributed by atoms with Crippen molar-refractivity contribution in [2.45, 2.75) is 13.3 Å². The lowest BCUT2D eigenvalue weighted by Crippen LogP contribution is -2.20. The third-order valence-corrected chi connectivity index (χ3v) is 3.32. The molecule has 2 aromatic carbocycles. The average molecular weight is 364 g/mol. The first-order valence-electron chi connectivity index (χ1n) is 7.08. The number of ether oxygens (including phenoxy) is 2. The first-order valence-corrected chi connectivity index (χ1v) is 7.88. The summed E-state index contributed by atoms with van der Waals surface area (Å²) in [6.07, 6.45) is 0.967. The van der Waals surface area contributed by atoms with E-state index in [9.17, 15) is 4.79 Å². The van der Waals surface area contributed by atoms with E-state index >= 15 is 0 Å². The molecule has 0 aromatic heterocycles. The molecule has 4 nitrogen and oxygen atoms in total. The van der Waals surface area contributed by atoms with Crippen LogP contribution in [-0.2, 0) is 4.79 Å². The minimum absolute atomic E-state index is 0.0365. The minimum Gasteiger partial charge on any atom is -0.494 e. The van der Waals surface area contributed by atoms with Crippen molar-refractivity contribution in [1.29, 1.82) is 0 Å². The quantitative estimate of drug-likeness (QED) is 0.799. The van der Waals surface area contributed by atoms with Gasteiger partial charge in [-0.2, -0.15) is 0 Å². The van der Waals surface area contributed by atoms with Gasteiger partial charge >= 0.3 is 0 Å². The molecule has 22 heavy (non-hydrogen) atoms. The highest BCUT2D eigenvalue weighted by Gasteiger charge is 2.04. The van der Waals surface area contributed by atoms with Gasteiger partial charge < -0.3 is 14.8 Å². The monoisotopic (exact) mass is 363 g/mol. The summed E-state index contributed by atoms with van der Waals surface area (Å²) in [6, 6.07) is 14.6. The van der Waals surface area contributed by atoms with E-state index in [0.29, 0.717) is 12.4 Å². The molecule has 116 valence electrons. The first kappa shape index (κ1) is 16.4. The van der Waals surface area contributed by atoms with Crippen molar-refractivity contribution in [3.8, 4) is 11.5 Å². The maximum absolute atomic E-state index is 11.8. The fraction of sp³-hybridized carbons (Fsp3) is 0.235. The standard InChI is InChI=1S/C17H18BrNO3/c1-2-11-21-15-7-9-16(10-8-15)22-12-17(20)19-14-5-3-13(18)4-6-14/h3-10H,2,11-12H2,1H3,(H,19,20). The summed E-state index contributed by atoms with van der Waals surface area (Å²) in [5, 5.41) is 2.77. The van der Waals surface area contributed by atoms with E-state index in [1.807, 2.05) is 36.4 Å². The number of hydrogen-bond acceptors (Lipinski definition) is 3. The minimum atomic E-state index is -0.200. The Morgan fingerprint density at radius 1 is 1.00 bits per heavy atom. The zero-order valence-corrected chi connectivity index (χ0v) is 13.9. The highest BCUT2D eigenvalue weighted by molar-refractivity contribution is 9.10. The largest absolute Gasteiger partial charge is 0.494 e. The molecule has 0 fully saturated rings. The van der Waals surface area contributed by atoms with Crippen molar-refractivity contribution < 1.29 is 14.3 Å². The number of rotatable bonds is 7. The number of hydrogen-bond donors (Lipinski definition) is 1. The van der Waals surface area contributed by atoms with Crippen molar-refractivity contribution >= 4 is 27.5 Å². The highest BCUT2D eigenvalue weighted by atomic mass is 79.9. The molecule has 0 unspecified atom stereocenters. The van der Waals surface area contributed by atoms with E-state index in [1.165, 1.54) is 0 Å². The topological polar surface area (TPSA) is 47.6 Å². The van der Waals surface area contributed by atoms with Crippen LogP contribution in [0.3, 0.4) is 0 Å². The lowest BCUT2D eigenvalue weighted by molar-refractivity contribution is -0.118. The lowest BCUT2D eigenvalue weighted by Gasteiger charge is -2.09. The Balaban J connectivity index is 1.79. The van der Waals surface area contributed by atoms with Crippen LogP contribution in [0.15, 0.2) is 53.0 Å². The fourth-order valence-corrected chi connectivity index (χ4v) is 2.00. The van der Waals surface area contributed by atoms with Crippen LogP contribution in [0.2, 0.25) is 0 Å². The third kappa shape index (κ3) is 5.41. The SMILES string of the molecule is CCCOc1ccc(OCC(=O)Nc2ccc(Br)cc2)cc1. The Morgan fingerprint density at radius 2 is 1.59 bits per heavy atom. The number of carbonyl (C=O) groups excluding carboxylic acids is 1. The number of carbonyl (C=O) groups is 1. The summed E-state index contributed by atoms with van der Waals surface area (Å²) in [6.45, 7) is 2.71. The second-order valence-electron chi connectivity index (χ2n) is 4.66. The number of anilines is 1. The third-order valence-electron chi connectivity index (χ3n) is 2.79. The number of nitrogens with one attached hydrogen (secondary N) is 1. The molecule has 0 atom stereocenters. The van der Waals surface area contributed by atoms with E-state index in [0.717, 1.165) is 22.3 Å². The Bertz CT molecular complexity index is 596. The molecule has 0 aliphatic carbocycles. The van der Waals surface area contributed by atoms with Crippen LogP contribution in [0, 0.1) is 0 Å². The number of halogens is 1. The maximum Gasteiger partial charge on any atom is 0.262 e.